The molecule has 2 heterocycles. The van der Waals surface area contributed by atoms with Gasteiger partial charge in [0.1, 0.15) is 0 Å². The average Bonchev–Trinajstić information content (AvgIpc) is 2.74. The van der Waals surface area contributed by atoms with E-state index in [1.165, 1.54) is 50.9 Å². The molecule has 1 aromatic carbocycles. The molecule has 5 nitrogen and oxygen atoms in total. The van der Waals surface area contributed by atoms with E-state index in [2.05, 4.69) is 71.5 Å². The summed E-state index contributed by atoms with van der Waals surface area (Å²) in [4.78, 5) is 10.2. The van der Waals surface area contributed by atoms with Crippen LogP contribution in [-0.4, -0.2) is 67.6 Å². The van der Waals surface area contributed by atoms with E-state index >= 15 is 0 Å². The Balaban J connectivity index is 0.00000341. The number of rotatable bonds is 8. The van der Waals surface area contributed by atoms with Crippen LogP contribution in [0.2, 0.25) is 0 Å². The van der Waals surface area contributed by atoms with E-state index in [0.717, 1.165) is 44.6 Å². The molecule has 3 rings (SSSR count). The Morgan fingerprint density at radius 3 is 2.48 bits per heavy atom. The van der Waals surface area contributed by atoms with Gasteiger partial charge in [0, 0.05) is 51.9 Å². The zero-order valence-electron chi connectivity index (χ0n) is 19.9. The number of benzene rings is 1. The smallest absolute Gasteiger partial charge is 0.191 e. The average molecular weight is 542 g/mol. The normalized spacial score (nSPS) is 21.7. The molecule has 0 aromatic heterocycles. The molecule has 2 fully saturated rings. The Hall–Kier alpha value is -0.860. The Morgan fingerprint density at radius 2 is 1.81 bits per heavy atom. The van der Waals surface area contributed by atoms with E-state index in [9.17, 15) is 0 Å². The molecule has 0 bridgehead atoms. The van der Waals surface area contributed by atoms with Crippen LogP contribution in [0, 0.1) is 11.8 Å². The lowest BCUT2D eigenvalue weighted by Crippen LogP contribution is -2.48. The monoisotopic (exact) mass is 541 g/mol. The SMILES string of the molecule is CCNC(=NCC1CCCN(CC(C)C)C1)NC1CCN(Cc2ccccc2)CC1.I. The number of hydrogen-bond acceptors (Lipinski definition) is 3. The minimum absolute atomic E-state index is 0. The third kappa shape index (κ3) is 9.66. The van der Waals surface area contributed by atoms with Gasteiger partial charge in [-0.3, -0.25) is 9.89 Å². The van der Waals surface area contributed by atoms with Crippen molar-refractivity contribution < 1.29 is 0 Å². The van der Waals surface area contributed by atoms with Crippen LogP contribution in [0.25, 0.3) is 0 Å². The molecular weight excluding hydrogens is 497 g/mol. The van der Waals surface area contributed by atoms with Crippen molar-refractivity contribution in [2.75, 3.05) is 45.8 Å². The van der Waals surface area contributed by atoms with Crippen LogP contribution in [0.4, 0.5) is 0 Å². The molecule has 1 atom stereocenters. The molecule has 0 amide bonds. The lowest BCUT2D eigenvalue weighted by molar-refractivity contribution is 0.162. The Kier molecular flexibility index (Phi) is 12.2. The van der Waals surface area contributed by atoms with Gasteiger partial charge in [0.15, 0.2) is 5.96 Å². The number of nitrogens with zero attached hydrogens (tertiary/aromatic N) is 3. The van der Waals surface area contributed by atoms with Gasteiger partial charge in [0.2, 0.25) is 0 Å². The van der Waals surface area contributed by atoms with Crippen molar-refractivity contribution in [3.63, 3.8) is 0 Å². The fraction of sp³-hybridized carbons (Fsp3) is 0.720. The second kappa shape index (κ2) is 14.3. The third-order valence-corrected chi connectivity index (χ3v) is 6.26. The summed E-state index contributed by atoms with van der Waals surface area (Å²) >= 11 is 0. The molecule has 176 valence electrons. The standard InChI is InChI=1S/C25H43N5.HI/c1-4-26-25(27-17-23-11-8-14-30(20-23)18-21(2)3)28-24-12-15-29(16-13-24)19-22-9-6-5-7-10-22;/h5-7,9-10,21,23-24H,4,8,11-20H2,1-3H3,(H2,26,27,28);1H. The highest BCUT2D eigenvalue weighted by Gasteiger charge is 2.22. The number of halogens is 1. The van der Waals surface area contributed by atoms with Crippen LogP contribution in [0.1, 0.15) is 52.0 Å². The number of guanidine groups is 1. The molecule has 6 heteroatoms. The van der Waals surface area contributed by atoms with Crippen LogP contribution < -0.4 is 10.6 Å². The topological polar surface area (TPSA) is 42.9 Å². The highest BCUT2D eigenvalue weighted by molar-refractivity contribution is 14.0. The van der Waals surface area contributed by atoms with E-state index in [4.69, 9.17) is 4.99 Å². The zero-order valence-corrected chi connectivity index (χ0v) is 22.2. The van der Waals surface area contributed by atoms with E-state index in [-0.39, 0.29) is 24.0 Å². The van der Waals surface area contributed by atoms with Crippen LogP contribution in [-0.2, 0) is 6.54 Å². The first-order valence-electron chi connectivity index (χ1n) is 12.2. The van der Waals surface area contributed by atoms with Gasteiger partial charge in [-0.05, 0) is 56.6 Å². The van der Waals surface area contributed by atoms with E-state index in [0.29, 0.717) is 12.0 Å². The molecule has 0 saturated carbocycles. The van der Waals surface area contributed by atoms with Gasteiger partial charge in [-0.15, -0.1) is 24.0 Å². The first-order chi connectivity index (χ1) is 14.6. The molecule has 0 radical (unpaired) electrons. The lowest BCUT2D eigenvalue weighted by atomic mass is 9.97. The largest absolute Gasteiger partial charge is 0.357 e. The van der Waals surface area contributed by atoms with Crippen LogP contribution in [0.15, 0.2) is 35.3 Å². The predicted molar refractivity (Wildman–Crippen MR) is 143 cm³/mol. The lowest BCUT2D eigenvalue weighted by Gasteiger charge is -2.34. The van der Waals surface area contributed by atoms with Crippen LogP contribution in [0.3, 0.4) is 0 Å². The van der Waals surface area contributed by atoms with Crippen molar-refractivity contribution in [2.45, 2.75) is 59.0 Å². The molecule has 2 aliphatic heterocycles. The molecule has 2 aliphatic rings. The maximum Gasteiger partial charge on any atom is 0.191 e. The Morgan fingerprint density at radius 1 is 1.06 bits per heavy atom. The number of aliphatic imine (C=N–C) groups is 1. The highest BCUT2D eigenvalue weighted by Crippen LogP contribution is 2.18. The Bertz CT molecular complexity index is 628. The summed E-state index contributed by atoms with van der Waals surface area (Å²) < 4.78 is 0. The van der Waals surface area contributed by atoms with E-state index in [1.807, 2.05) is 0 Å². The van der Waals surface area contributed by atoms with Gasteiger partial charge in [-0.2, -0.15) is 0 Å². The summed E-state index contributed by atoms with van der Waals surface area (Å²) in [6, 6.07) is 11.4. The fourth-order valence-corrected chi connectivity index (χ4v) is 4.79. The molecule has 2 N–H and O–H groups in total. The van der Waals surface area contributed by atoms with Gasteiger partial charge in [0.05, 0.1) is 0 Å². The minimum atomic E-state index is 0. The number of nitrogens with one attached hydrogen (secondary N) is 2. The number of likely N-dealkylation sites (tertiary alicyclic amines) is 2. The molecule has 31 heavy (non-hydrogen) atoms. The summed E-state index contributed by atoms with van der Waals surface area (Å²) in [6.07, 6.45) is 5.00. The van der Waals surface area contributed by atoms with E-state index < -0.39 is 0 Å². The first kappa shape index (κ1) is 26.4. The predicted octanol–water partition coefficient (Wildman–Crippen LogP) is 4.19. The van der Waals surface area contributed by atoms with Crippen molar-refractivity contribution in [1.82, 2.24) is 20.4 Å². The summed E-state index contributed by atoms with van der Waals surface area (Å²) in [5.74, 6) is 2.46. The molecule has 2 saturated heterocycles. The number of piperidine rings is 2. The second-order valence-corrected chi connectivity index (χ2v) is 9.56. The molecule has 0 aliphatic carbocycles. The second-order valence-electron chi connectivity index (χ2n) is 9.56. The highest BCUT2D eigenvalue weighted by atomic mass is 127. The summed E-state index contributed by atoms with van der Waals surface area (Å²) in [6.45, 7) is 15.7. The van der Waals surface area contributed by atoms with Crippen molar-refractivity contribution >= 4 is 29.9 Å². The van der Waals surface area contributed by atoms with Gasteiger partial charge >= 0.3 is 0 Å². The van der Waals surface area contributed by atoms with Crippen LogP contribution in [0.5, 0.6) is 0 Å². The van der Waals surface area contributed by atoms with Gasteiger partial charge in [0.25, 0.3) is 0 Å². The fourth-order valence-electron chi connectivity index (χ4n) is 4.79. The first-order valence-corrected chi connectivity index (χ1v) is 12.2. The summed E-state index contributed by atoms with van der Waals surface area (Å²) in [5, 5.41) is 7.20. The van der Waals surface area contributed by atoms with Gasteiger partial charge in [-0.1, -0.05) is 44.2 Å². The summed E-state index contributed by atoms with van der Waals surface area (Å²) in [7, 11) is 0. The van der Waals surface area contributed by atoms with Gasteiger partial charge < -0.3 is 15.5 Å². The van der Waals surface area contributed by atoms with Crippen molar-refractivity contribution in [2.24, 2.45) is 16.8 Å². The zero-order chi connectivity index (χ0) is 21.2. The third-order valence-electron chi connectivity index (χ3n) is 6.26. The van der Waals surface area contributed by atoms with Crippen molar-refractivity contribution in [3.8, 4) is 0 Å². The molecule has 0 spiro atoms. The molecular formula is C25H44IN5. The quantitative estimate of drug-likeness (QED) is 0.294. The van der Waals surface area contributed by atoms with Gasteiger partial charge in [-0.25, -0.2) is 0 Å². The molecule has 1 aromatic rings. The van der Waals surface area contributed by atoms with Crippen molar-refractivity contribution in [1.29, 1.82) is 0 Å². The van der Waals surface area contributed by atoms with Crippen LogP contribution >= 0.6 is 24.0 Å². The van der Waals surface area contributed by atoms with E-state index in [1.54, 1.807) is 0 Å². The maximum absolute atomic E-state index is 4.99. The number of hydrogen-bond donors (Lipinski definition) is 2. The Labute approximate surface area is 207 Å². The maximum atomic E-state index is 4.99. The van der Waals surface area contributed by atoms with Crippen molar-refractivity contribution in [3.05, 3.63) is 35.9 Å². The summed E-state index contributed by atoms with van der Waals surface area (Å²) in [5.41, 5.74) is 1.41. The molecule has 1 unspecified atom stereocenters. The minimum Gasteiger partial charge on any atom is -0.357 e.